The summed E-state index contributed by atoms with van der Waals surface area (Å²) in [5.74, 6) is 2.65. The second kappa shape index (κ2) is 10.5. The summed E-state index contributed by atoms with van der Waals surface area (Å²) in [5, 5.41) is 4.46. The highest BCUT2D eigenvalue weighted by Gasteiger charge is 2.43. The fourth-order valence-corrected chi connectivity index (χ4v) is 5.82. The minimum Gasteiger partial charge on any atom is -0.495 e. The first-order valence-corrected chi connectivity index (χ1v) is 13.5. The van der Waals surface area contributed by atoms with Crippen molar-refractivity contribution in [1.29, 1.82) is 0 Å². The van der Waals surface area contributed by atoms with Gasteiger partial charge in [0.1, 0.15) is 18.1 Å². The molecule has 3 heterocycles. The molecule has 3 aromatic rings. The van der Waals surface area contributed by atoms with Gasteiger partial charge in [-0.05, 0) is 73.4 Å². The molecule has 3 aliphatic rings. The molecule has 1 aromatic heterocycles. The Morgan fingerprint density at radius 2 is 2.08 bits per heavy atom. The summed E-state index contributed by atoms with van der Waals surface area (Å²) < 4.78 is 7.68. The third-order valence-corrected chi connectivity index (χ3v) is 7.95. The van der Waals surface area contributed by atoms with Crippen LogP contribution in [0.1, 0.15) is 54.8 Å². The van der Waals surface area contributed by atoms with E-state index in [4.69, 9.17) is 9.57 Å². The lowest BCUT2D eigenvalue weighted by molar-refractivity contribution is -0.120. The van der Waals surface area contributed by atoms with Crippen LogP contribution in [-0.4, -0.2) is 52.4 Å². The fraction of sp³-hybridized carbons (Fsp3) is 0.387. The molecular formula is C31H34N4O3. The molecule has 0 amide bonds. The Bertz CT molecular complexity index is 1380. The Morgan fingerprint density at radius 1 is 1.21 bits per heavy atom. The molecule has 196 valence electrons. The Balaban J connectivity index is 1.13. The Labute approximate surface area is 223 Å². The third kappa shape index (κ3) is 4.97. The van der Waals surface area contributed by atoms with E-state index in [0.717, 1.165) is 66.3 Å². The quantitative estimate of drug-likeness (QED) is 0.398. The maximum atomic E-state index is 13.0. The number of Topliss-reactive ketones (excluding diaryl/α,β-unsaturated/α-hetero) is 1. The molecule has 2 fully saturated rings. The van der Waals surface area contributed by atoms with Crippen LogP contribution in [0.5, 0.6) is 5.75 Å². The molecule has 1 aliphatic carbocycles. The van der Waals surface area contributed by atoms with Crippen molar-refractivity contribution in [2.24, 2.45) is 11.1 Å². The number of rotatable bonds is 8. The first-order chi connectivity index (χ1) is 18.6. The van der Waals surface area contributed by atoms with E-state index < -0.39 is 0 Å². The molecule has 0 N–H and O–H groups in total. The molecular weight excluding hydrogens is 476 g/mol. The summed E-state index contributed by atoms with van der Waals surface area (Å²) >= 11 is 0. The summed E-state index contributed by atoms with van der Waals surface area (Å²) in [6.07, 6.45) is 10.3. The van der Waals surface area contributed by atoms with Crippen LogP contribution in [0.3, 0.4) is 0 Å². The number of methoxy groups -OCH3 is 1. The van der Waals surface area contributed by atoms with E-state index in [1.54, 1.807) is 13.4 Å². The molecule has 7 nitrogen and oxygen atoms in total. The number of aryl methyl sites for hydroxylation is 1. The number of carbonyl (C=O) groups excluding carboxylic acids is 1. The SMILES string of the molecule is COc1cc(/C=C2\CCCN3C2=NOC[C@@H]3CCC(=O)C2C[C@H]2c2ccccc2)ccc1-n1cnc(C)c1. The molecule has 2 aliphatic heterocycles. The molecule has 38 heavy (non-hydrogen) atoms. The smallest absolute Gasteiger partial charge is 0.171 e. The van der Waals surface area contributed by atoms with Crippen molar-refractivity contribution < 1.29 is 14.4 Å². The second-order valence-electron chi connectivity index (χ2n) is 10.5. The van der Waals surface area contributed by atoms with Gasteiger partial charge in [-0.15, -0.1) is 0 Å². The average molecular weight is 511 g/mol. The van der Waals surface area contributed by atoms with Crippen molar-refractivity contribution in [3.05, 3.63) is 83.4 Å². The molecule has 7 heteroatoms. The molecule has 2 aromatic carbocycles. The Kier molecular flexibility index (Phi) is 6.75. The van der Waals surface area contributed by atoms with E-state index >= 15 is 0 Å². The van der Waals surface area contributed by atoms with Gasteiger partial charge in [0, 0.05) is 25.1 Å². The molecule has 0 spiro atoms. The van der Waals surface area contributed by atoms with Crippen molar-refractivity contribution in [2.45, 2.75) is 51.0 Å². The van der Waals surface area contributed by atoms with Gasteiger partial charge in [0.2, 0.25) is 0 Å². The lowest BCUT2D eigenvalue weighted by Gasteiger charge is -2.40. The summed E-state index contributed by atoms with van der Waals surface area (Å²) in [7, 11) is 1.69. The lowest BCUT2D eigenvalue weighted by atomic mass is 9.96. The van der Waals surface area contributed by atoms with Crippen LogP contribution in [0, 0.1) is 12.8 Å². The molecule has 0 radical (unpaired) electrons. The first-order valence-electron chi connectivity index (χ1n) is 13.5. The van der Waals surface area contributed by atoms with E-state index in [9.17, 15) is 4.79 Å². The number of oxime groups is 1. The summed E-state index contributed by atoms with van der Waals surface area (Å²) in [5.41, 5.74) is 5.41. The van der Waals surface area contributed by atoms with Crippen molar-refractivity contribution in [1.82, 2.24) is 14.5 Å². The number of amidine groups is 1. The predicted molar refractivity (Wildman–Crippen MR) is 147 cm³/mol. The zero-order chi connectivity index (χ0) is 26.1. The summed E-state index contributed by atoms with van der Waals surface area (Å²) in [4.78, 5) is 25.4. The number of carbonyl (C=O) groups is 1. The van der Waals surface area contributed by atoms with Crippen LogP contribution in [0.2, 0.25) is 0 Å². The molecule has 0 bridgehead atoms. The standard InChI is InChI=1S/C31H34N4O3/c1-21-18-34(20-32-21)28-12-10-22(16-30(28)37-2)15-24-9-6-14-35-25(19-38-33-31(24)35)11-13-29(36)27-17-26(27)23-7-4-3-5-8-23/h3-5,7-8,10,12,15-16,18,20,25-27H,6,9,11,13-14,17,19H2,1-2H3/b24-15+/t25-,26-,27?/m0/s1. The maximum Gasteiger partial charge on any atom is 0.171 e. The van der Waals surface area contributed by atoms with Crippen molar-refractivity contribution in [2.75, 3.05) is 20.3 Å². The summed E-state index contributed by atoms with van der Waals surface area (Å²) in [6, 6.07) is 16.8. The van der Waals surface area contributed by atoms with E-state index in [0.29, 0.717) is 24.7 Å². The first kappa shape index (κ1) is 24.5. The van der Waals surface area contributed by atoms with E-state index in [-0.39, 0.29) is 12.0 Å². The average Bonchev–Trinajstić information content (AvgIpc) is 3.65. The predicted octanol–water partition coefficient (Wildman–Crippen LogP) is 5.53. The van der Waals surface area contributed by atoms with Crippen molar-refractivity contribution >= 4 is 17.7 Å². The zero-order valence-corrected chi connectivity index (χ0v) is 22.0. The van der Waals surface area contributed by atoms with Gasteiger partial charge in [-0.3, -0.25) is 4.79 Å². The fourth-order valence-electron chi connectivity index (χ4n) is 5.82. The van der Waals surface area contributed by atoms with E-state index in [1.807, 2.05) is 23.8 Å². The number of aromatic nitrogens is 2. The van der Waals surface area contributed by atoms with Crippen LogP contribution in [0.15, 0.2) is 71.8 Å². The highest BCUT2D eigenvalue weighted by Crippen LogP contribution is 2.48. The zero-order valence-electron chi connectivity index (χ0n) is 22.0. The lowest BCUT2D eigenvalue weighted by Crippen LogP contribution is -2.49. The van der Waals surface area contributed by atoms with Crippen LogP contribution in [-0.2, 0) is 9.63 Å². The van der Waals surface area contributed by atoms with Gasteiger partial charge < -0.3 is 19.0 Å². The minimum atomic E-state index is 0.172. The number of nitrogens with zero attached hydrogens (tertiary/aromatic N) is 4. The minimum absolute atomic E-state index is 0.172. The van der Waals surface area contributed by atoms with Crippen molar-refractivity contribution in [3.8, 4) is 11.4 Å². The van der Waals surface area contributed by atoms with Gasteiger partial charge in [-0.25, -0.2) is 4.98 Å². The molecule has 1 saturated carbocycles. The Hall–Kier alpha value is -3.87. The highest BCUT2D eigenvalue weighted by molar-refractivity contribution is 6.03. The van der Waals surface area contributed by atoms with Crippen LogP contribution >= 0.6 is 0 Å². The second-order valence-corrected chi connectivity index (χ2v) is 10.5. The number of piperidine rings is 1. The maximum absolute atomic E-state index is 13.0. The van der Waals surface area contributed by atoms with Crippen molar-refractivity contribution in [3.63, 3.8) is 0 Å². The molecule has 1 unspecified atom stereocenters. The summed E-state index contributed by atoms with van der Waals surface area (Å²) in [6.45, 7) is 3.44. The number of ether oxygens (including phenoxy) is 1. The molecule has 3 atom stereocenters. The largest absolute Gasteiger partial charge is 0.495 e. The van der Waals surface area contributed by atoms with Crippen LogP contribution in [0.4, 0.5) is 0 Å². The molecule has 6 rings (SSSR count). The van der Waals surface area contributed by atoms with Gasteiger partial charge in [0.15, 0.2) is 5.84 Å². The number of benzene rings is 2. The van der Waals surface area contributed by atoms with Gasteiger partial charge in [-0.1, -0.05) is 41.6 Å². The monoisotopic (exact) mass is 510 g/mol. The van der Waals surface area contributed by atoms with Crippen LogP contribution < -0.4 is 4.74 Å². The van der Waals surface area contributed by atoms with Crippen LogP contribution in [0.25, 0.3) is 11.8 Å². The topological polar surface area (TPSA) is 69.0 Å². The van der Waals surface area contributed by atoms with Gasteiger partial charge in [0.05, 0.1) is 30.9 Å². The van der Waals surface area contributed by atoms with Gasteiger partial charge in [-0.2, -0.15) is 0 Å². The van der Waals surface area contributed by atoms with Gasteiger partial charge >= 0.3 is 0 Å². The normalized spacial score (nSPS) is 23.4. The van der Waals surface area contributed by atoms with E-state index in [1.165, 1.54) is 5.56 Å². The van der Waals surface area contributed by atoms with Gasteiger partial charge in [0.25, 0.3) is 0 Å². The Morgan fingerprint density at radius 3 is 2.87 bits per heavy atom. The number of fused-ring (bicyclic) bond motifs is 1. The highest BCUT2D eigenvalue weighted by atomic mass is 16.6. The number of hydrogen-bond donors (Lipinski definition) is 0. The van der Waals surface area contributed by atoms with E-state index in [2.05, 4.69) is 63.6 Å². The number of hydrogen-bond acceptors (Lipinski definition) is 6. The number of ketones is 1. The number of imidazole rings is 1. The third-order valence-electron chi connectivity index (χ3n) is 7.95. The molecule has 1 saturated heterocycles.